The van der Waals surface area contributed by atoms with E-state index in [2.05, 4.69) is 10.4 Å². The normalized spacial score (nSPS) is 18.0. The molecule has 17 heavy (non-hydrogen) atoms. The van der Waals surface area contributed by atoms with E-state index in [1.807, 2.05) is 20.2 Å². The monoisotopic (exact) mass is 250 g/mol. The Kier molecular flexibility index (Phi) is 3.23. The number of carbonyl (C=O) groups is 1. The van der Waals surface area contributed by atoms with Gasteiger partial charge >= 0.3 is 0 Å². The van der Waals surface area contributed by atoms with Gasteiger partial charge in [-0.3, -0.25) is 14.4 Å². The molecular formula is C11H14N4OS. The molecule has 6 heteroatoms. The standard InChI is InChI=1S/C11H14N4OS/c1-3-4-15-10(16)9(13-11(15)17)5-8-6-12-14(2)7-8/h5-7H,3-4H2,1-2H3,(H,13,17)/b9-5-. The molecule has 1 saturated heterocycles. The fourth-order valence-electron chi connectivity index (χ4n) is 1.68. The summed E-state index contributed by atoms with van der Waals surface area (Å²) in [6, 6.07) is 0. The van der Waals surface area contributed by atoms with Gasteiger partial charge < -0.3 is 5.32 Å². The minimum atomic E-state index is -0.0688. The maximum Gasteiger partial charge on any atom is 0.276 e. The predicted octanol–water partition coefficient (Wildman–Crippen LogP) is 0.888. The second kappa shape index (κ2) is 4.67. The lowest BCUT2D eigenvalue weighted by Gasteiger charge is -2.11. The van der Waals surface area contributed by atoms with Crippen molar-refractivity contribution in [2.45, 2.75) is 13.3 Å². The summed E-state index contributed by atoms with van der Waals surface area (Å²) in [6.07, 6.45) is 6.19. The van der Waals surface area contributed by atoms with E-state index < -0.39 is 0 Å². The molecule has 1 aromatic rings. The molecule has 90 valence electrons. The van der Waals surface area contributed by atoms with Crippen molar-refractivity contribution in [1.82, 2.24) is 20.0 Å². The van der Waals surface area contributed by atoms with Crippen LogP contribution in [0.25, 0.3) is 6.08 Å². The molecule has 0 saturated carbocycles. The lowest BCUT2D eigenvalue weighted by atomic mass is 10.3. The molecule has 0 bridgehead atoms. The van der Waals surface area contributed by atoms with Crippen molar-refractivity contribution >= 4 is 29.3 Å². The van der Waals surface area contributed by atoms with Gasteiger partial charge in [0, 0.05) is 25.4 Å². The first-order valence-corrected chi connectivity index (χ1v) is 5.86. The highest BCUT2D eigenvalue weighted by molar-refractivity contribution is 7.80. The van der Waals surface area contributed by atoms with E-state index >= 15 is 0 Å². The van der Waals surface area contributed by atoms with Crippen LogP contribution in [0.3, 0.4) is 0 Å². The molecule has 1 aromatic heterocycles. The number of hydrogen-bond acceptors (Lipinski definition) is 3. The van der Waals surface area contributed by atoms with E-state index in [1.165, 1.54) is 0 Å². The first-order valence-electron chi connectivity index (χ1n) is 5.45. The summed E-state index contributed by atoms with van der Waals surface area (Å²) in [6.45, 7) is 2.66. The second-order valence-corrected chi connectivity index (χ2v) is 4.28. The molecule has 0 atom stereocenters. The van der Waals surface area contributed by atoms with Gasteiger partial charge in [0.1, 0.15) is 5.70 Å². The number of carbonyl (C=O) groups excluding carboxylic acids is 1. The third-order valence-electron chi connectivity index (χ3n) is 2.45. The van der Waals surface area contributed by atoms with Gasteiger partial charge in [-0.25, -0.2) is 0 Å². The Morgan fingerprint density at radius 2 is 2.35 bits per heavy atom. The van der Waals surface area contributed by atoms with Crippen molar-refractivity contribution in [1.29, 1.82) is 0 Å². The number of nitrogens with one attached hydrogen (secondary N) is 1. The quantitative estimate of drug-likeness (QED) is 0.639. The zero-order valence-corrected chi connectivity index (χ0v) is 10.6. The molecule has 0 aromatic carbocycles. The number of aromatic nitrogens is 2. The smallest absolute Gasteiger partial charge is 0.276 e. The first-order chi connectivity index (χ1) is 8.11. The minimum absolute atomic E-state index is 0.0688. The Morgan fingerprint density at radius 3 is 2.94 bits per heavy atom. The topological polar surface area (TPSA) is 50.2 Å². The van der Waals surface area contributed by atoms with Crippen LogP contribution in [-0.2, 0) is 11.8 Å². The van der Waals surface area contributed by atoms with Crippen LogP contribution in [0.15, 0.2) is 18.1 Å². The molecule has 0 spiro atoms. The Balaban J connectivity index is 2.21. The Hall–Kier alpha value is -1.69. The fraction of sp³-hybridized carbons (Fsp3) is 0.364. The maximum atomic E-state index is 12.0. The van der Waals surface area contributed by atoms with Crippen LogP contribution in [0, 0.1) is 0 Å². The van der Waals surface area contributed by atoms with Crippen molar-refractivity contribution in [3.05, 3.63) is 23.7 Å². The van der Waals surface area contributed by atoms with Crippen molar-refractivity contribution < 1.29 is 4.79 Å². The van der Waals surface area contributed by atoms with Crippen molar-refractivity contribution in [2.75, 3.05) is 6.54 Å². The Morgan fingerprint density at radius 1 is 1.59 bits per heavy atom. The van der Waals surface area contributed by atoms with Crippen molar-refractivity contribution in [2.24, 2.45) is 7.05 Å². The van der Waals surface area contributed by atoms with Gasteiger partial charge in [-0.2, -0.15) is 5.10 Å². The zero-order valence-electron chi connectivity index (χ0n) is 9.80. The molecule has 0 radical (unpaired) electrons. The third kappa shape index (κ3) is 2.36. The molecule has 1 aliphatic heterocycles. The van der Waals surface area contributed by atoms with Crippen LogP contribution in [0.1, 0.15) is 18.9 Å². The summed E-state index contributed by atoms with van der Waals surface area (Å²) in [5.41, 5.74) is 1.39. The molecule has 1 fully saturated rings. The molecule has 0 aliphatic carbocycles. The van der Waals surface area contributed by atoms with Gasteiger partial charge in [-0.15, -0.1) is 0 Å². The SMILES string of the molecule is CCCN1C(=O)/C(=C/c2cnn(C)c2)NC1=S. The number of amides is 1. The molecule has 2 rings (SSSR count). The van der Waals surface area contributed by atoms with E-state index in [0.717, 1.165) is 12.0 Å². The van der Waals surface area contributed by atoms with Crippen molar-refractivity contribution in [3.63, 3.8) is 0 Å². The maximum absolute atomic E-state index is 12.0. The number of nitrogens with zero attached hydrogens (tertiary/aromatic N) is 3. The van der Waals surface area contributed by atoms with Gasteiger partial charge in [-0.1, -0.05) is 6.92 Å². The van der Waals surface area contributed by atoms with Crippen LogP contribution in [0.2, 0.25) is 0 Å². The van der Waals surface area contributed by atoms with E-state index in [1.54, 1.807) is 21.9 Å². The third-order valence-corrected chi connectivity index (χ3v) is 2.77. The highest BCUT2D eigenvalue weighted by atomic mass is 32.1. The van der Waals surface area contributed by atoms with Crippen LogP contribution in [-0.4, -0.2) is 32.2 Å². The highest BCUT2D eigenvalue weighted by Gasteiger charge is 2.29. The molecule has 5 nitrogen and oxygen atoms in total. The number of rotatable bonds is 3. The molecule has 2 heterocycles. The van der Waals surface area contributed by atoms with Crippen LogP contribution < -0.4 is 5.32 Å². The summed E-state index contributed by atoms with van der Waals surface area (Å²) in [4.78, 5) is 13.6. The first kappa shape index (κ1) is 11.8. The van der Waals surface area contributed by atoms with E-state index in [4.69, 9.17) is 12.2 Å². The lowest BCUT2D eigenvalue weighted by molar-refractivity contribution is -0.122. The predicted molar refractivity (Wildman–Crippen MR) is 68.9 cm³/mol. The van der Waals surface area contributed by atoms with Crippen LogP contribution in [0.5, 0.6) is 0 Å². The fourth-order valence-corrected chi connectivity index (χ4v) is 1.96. The molecular weight excluding hydrogens is 236 g/mol. The average Bonchev–Trinajstić information content (AvgIpc) is 2.79. The zero-order chi connectivity index (χ0) is 12.4. The van der Waals surface area contributed by atoms with Gasteiger partial charge in [0.2, 0.25) is 0 Å². The van der Waals surface area contributed by atoms with Gasteiger partial charge in [0.15, 0.2) is 5.11 Å². The summed E-state index contributed by atoms with van der Waals surface area (Å²) in [5, 5.41) is 7.45. The molecule has 1 amide bonds. The molecule has 0 unspecified atom stereocenters. The van der Waals surface area contributed by atoms with E-state index in [-0.39, 0.29) is 5.91 Å². The average molecular weight is 250 g/mol. The summed E-state index contributed by atoms with van der Waals surface area (Å²) in [5.74, 6) is -0.0688. The number of hydrogen-bond donors (Lipinski definition) is 1. The Labute approximate surface area is 105 Å². The Bertz CT molecular complexity index is 491. The van der Waals surface area contributed by atoms with Gasteiger partial charge in [-0.05, 0) is 24.7 Å². The summed E-state index contributed by atoms with van der Waals surface area (Å²) >= 11 is 5.11. The summed E-state index contributed by atoms with van der Waals surface area (Å²) < 4.78 is 1.69. The van der Waals surface area contributed by atoms with E-state index in [0.29, 0.717) is 17.4 Å². The van der Waals surface area contributed by atoms with E-state index in [9.17, 15) is 4.79 Å². The molecule has 1 N–H and O–H groups in total. The molecule has 1 aliphatic rings. The van der Waals surface area contributed by atoms with Crippen LogP contribution in [0.4, 0.5) is 0 Å². The van der Waals surface area contributed by atoms with Gasteiger partial charge in [0.05, 0.1) is 6.20 Å². The number of thiocarbonyl (C=S) groups is 1. The van der Waals surface area contributed by atoms with Gasteiger partial charge in [0.25, 0.3) is 5.91 Å². The minimum Gasteiger partial charge on any atom is -0.328 e. The largest absolute Gasteiger partial charge is 0.328 e. The van der Waals surface area contributed by atoms with Crippen molar-refractivity contribution in [3.8, 4) is 0 Å². The lowest BCUT2D eigenvalue weighted by Crippen LogP contribution is -2.31. The van der Waals surface area contributed by atoms with Crippen LogP contribution >= 0.6 is 12.2 Å². The second-order valence-electron chi connectivity index (χ2n) is 3.89. The highest BCUT2D eigenvalue weighted by Crippen LogP contribution is 2.13. The number of aryl methyl sites for hydroxylation is 1. The summed E-state index contributed by atoms with van der Waals surface area (Å²) in [7, 11) is 1.83.